The van der Waals surface area contributed by atoms with Gasteiger partial charge in [-0.3, -0.25) is 19.3 Å². The average Bonchev–Trinajstić information content (AvgIpc) is 3.05. The van der Waals surface area contributed by atoms with Crippen molar-refractivity contribution in [2.45, 2.75) is 26.7 Å². The molecule has 3 heterocycles. The van der Waals surface area contributed by atoms with E-state index in [4.69, 9.17) is 0 Å². The molecule has 0 radical (unpaired) electrons. The van der Waals surface area contributed by atoms with Crippen molar-refractivity contribution < 1.29 is 19.5 Å². The third-order valence-corrected chi connectivity index (χ3v) is 6.07. The largest absolute Gasteiger partial charge is 0.481 e. The zero-order valence-electron chi connectivity index (χ0n) is 14.5. The summed E-state index contributed by atoms with van der Waals surface area (Å²) in [5.41, 5.74) is -0.988. The van der Waals surface area contributed by atoms with Crippen molar-refractivity contribution in [1.29, 1.82) is 0 Å². The molecule has 0 aromatic carbocycles. The molecular weight excluding hydrogens is 310 g/mol. The molecular formula is C17H27N3O4. The lowest BCUT2D eigenvalue weighted by molar-refractivity contribution is -0.149. The van der Waals surface area contributed by atoms with Gasteiger partial charge in [0.1, 0.15) is 5.41 Å². The quantitative estimate of drug-likeness (QED) is 0.790. The second kappa shape index (κ2) is 6.35. The number of hydrogen-bond donors (Lipinski definition) is 1. The summed E-state index contributed by atoms with van der Waals surface area (Å²) >= 11 is 0. The highest BCUT2D eigenvalue weighted by Gasteiger charge is 2.59. The topological polar surface area (TPSA) is 81.2 Å². The highest BCUT2D eigenvalue weighted by Crippen LogP contribution is 2.42. The lowest BCUT2D eigenvalue weighted by Gasteiger charge is -2.31. The van der Waals surface area contributed by atoms with Crippen LogP contribution in [0.3, 0.4) is 0 Å². The van der Waals surface area contributed by atoms with Crippen LogP contribution in [-0.2, 0) is 14.4 Å². The number of aliphatic carboxylic acids is 1. The van der Waals surface area contributed by atoms with Crippen LogP contribution in [-0.4, -0.2) is 83.4 Å². The minimum Gasteiger partial charge on any atom is -0.481 e. The maximum Gasteiger partial charge on any atom is 0.313 e. The molecule has 0 unspecified atom stereocenters. The first-order chi connectivity index (χ1) is 11.3. The van der Waals surface area contributed by atoms with Crippen molar-refractivity contribution in [3.63, 3.8) is 0 Å². The molecule has 0 bridgehead atoms. The van der Waals surface area contributed by atoms with E-state index in [1.807, 2.05) is 0 Å². The van der Waals surface area contributed by atoms with Crippen molar-refractivity contribution in [2.24, 2.45) is 17.3 Å². The summed E-state index contributed by atoms with van der Waals surface area (Å²) in [4.78, 5) is 41.6. The smallest absolute Gasteiger partial charge is 0.313 e. The van der Waals surface area contributed by atoms with Gasteiger partial charge in [-0.2, -0.15) is 0 Å². The van der Waals surface area contributed by atoms with Crippen molar-refractivity contribution in [3.05, 3.63) is 0 Å². The van der Waals surface area contributed by atoms with Gasteiger partial charge < -0.3 is 14.9 Å². The molecule has 0 spiro atoms. The molecule has 134 valence electrons. The number of piperidine rings is 1. The minimum atomic E-state index is -0.988. The molecule has 0 aliphatic carbocycles. The minimum absolute atomic E-state index is 0.0222. The molecule has 0 saturated carbocycles. The van der Waals surface area contributed by atoms with Gasteiger partial charge in [-0.15, -0.1) is 0 Å². The van der Waals surface area contributed by atoms with E-state index in [-0.39, 0.29) is 30.8 Å². The molecule has 3 aliphatic heterocycles. The van der Waals surface area contributed by atoms with Crippen LogP contribution < -0.4 is 0 Å². The summed E-state index contributed by atoms with van der Waals surface area (Å²) in [6, 6.07) is 0. The molecule has 2 amide bonds. The zero-order chi connectivity index (χ0) is 17.5. The molecule has 3 rings (SSSR count). The van der Waals surface area contributed by atoms with Crippen molar-refractivity contribution in [3.8, 4) is 0 Å². The van der Waals surface area contributed by atoms with Gasteiger partial charge in [0.25, 0.3) is 0 Å². The number of amides is 2. The molecule has 1 N–H and O–H groups in total. The second-order valence-electron chi connectivity index (χ2n) is 7.79. The SMILES string of the molecule is CC(=O)N1C[C@@H]2CN(C(=O)CN3CCC(C)CC3)C[C@]2(C(=O)O)C1. The highest BCUT2D eigenvalue weighted by atomic mass is 16.4. The molecule has 3 fully saturated rings. The van der Waals surface area contributed by atoms with Gasteiger partial charge in [-0.1, -0.05) is 6.92 Å². The second-order valence-corrected chi connectivity index (χ2v) is 7.79. The van der Waals surface area contributed by atoms with Gasteiger partial charge in [-0.25, -0.2) is 0 Å². The van der Waals surface area contributed by atoms with Crippen LogP contribution in [0.1, 0.15) is 26.7 Å². The number of hydrogen-bond acceptors (Lipinski definition) is 4. The van der Waals surface area contributed by atoms with Crippen LogP contribution in [0.2, 0.25) is 0 Å². The first-order valence-corrected chi connectivity index (χ1v) is 8.81. The Labute approximate surface area is 142 Å². The van der Waals surface area contributed by atoms with Gasteiger partial charge in [0.2, 0.25) is 11.8 Å². The third kappa shape index (κ3) is 3.01. The van der Waals surface area contributed by atoms with Gasteiger partial charge >= 0.3 is 5.97 Å². The predicted octanol–water partition coefficient (Wildman–Crippen LogP) is 0.110. The van der Waals surface area contributed by atoms with Crippen molar-refractivity contribution in [2.75, 3.05) is 45.8 Å². The van der Waals surface area contributed by atoms with Crippen LogP contribution in [0.15, 0.2) is 0 Å². The summed E-state index contributed by atoms with van der Waals surface area (Å²) in [7, 11) is 0. The Morgan fingerprint density at radius 3 is 2.21 bits per heavy atom. The zero-order valence-corrected chi connectivity index (χ0v) is 14.5. The summed E-state index contributed by atoms with van der Waals surface area (Å²) in [6.07, 6.45) is 2.23. The van der Waals surface area contributed by atoms with Crippen LogP contribution in [0.5, 0.6) is 0 Å². The summed E-state index contributed by atoms with van der Waals surface area (Å²) in [5, 5.41) is 9.74. The Morgan fingerprint density at radius 2 is 1.67 bits per heavy atom. The summed E-state index contributed by atoms with van der Waals surface area (Å²) in [6.45, 7) is 7.28. The lowest BCUT2D eigenvalue weighted by Crippen LogP contribution is -2.46. The number of rotatable bonds is 3. The molecule has 24 heavy (non-hydrogen) atoms. The standard InChI is InChI=1S/C17H27N3O4/c1-12-3-5-18(6-4-12)9-15(22)20-8-14-7-19(13(2)21)10-17(14,11-20)16(23)24/h12,14H,3-11H2,1-2H3,(H,23,24)/t14-,17-/m1/s1. The first kappa shape index (κ1) is 17.2. The van der Waals surface area contributed by atoms with E-state index in [2.05, 4.69) is 11.8 Å². The molecule has 0 aromatic rings. The monoisotopic (exact) mass is 337 g/mol. The van der Waals surface area contributed by atoms with Crippen LogP contribution in [0, 0.1) is 17.3 Å². The molecule has 3 saturated heterocycles. The van der Waals surface area contributed by atoms with Crippen molar-refractivity contribution >= 4 is 17.8 Å². The Kier molecular flexibility index (Phi) is 4.55. The van der Waals surface area contributed by atoms with E-state index in [0.717, 1.165) is 31.8 Å². The van der Waals surface area contributed by atoms with Crippen LogP contribution >= 0.6 is 0 Å². The fourth-order valence-electron chi connectivity index (χ4n) is 4.31. The van der Waals surface area contributed by atoms with Gasteiger partial charge in [-0.05, 0) is 31.8 Å². The Morgan fingerprint density at radius 1 is 1.08 bits per heavy atom. The average molecular weight is 337 g/mol. The normalized spacial score (nSPS) is 31.3. The number of carbonyl (C=O) groups excluding carboxylic acids is 2. The van der Waals surface area contributed by atoms with Gasteiger partial charge in [0, 0.05) is 39.0 Å². The molecule has 7 nitrogen and oxygen atoms in total. The molecule has 0 aromatic heterocycles. The number of nitrogens with zero attached hydrogens (tertiary/aromatic N) is 3. The van der Waals surface area contributed by atoms with Gasteiger partial charge in [0.15, 0.2) is 0 Å². The maximum atomic E-state index is 12.6. The molecule has 3 aliphatic rings. The van der Waals surface area contributed by atoms with E-state index < -0.39 is 11.4 Å². The summed E-state index contributed by atoms with van der Waals surface area (Å²) < 4.78 is 0. The van der Waals surface area contributed by atoms with Crippen molar-refractivity contribution in [1.82, 2.24) is 14.7 Å². The van der Waals surface area contributed by atoms with E-state index in [0.29, 0.717) is 19.6 Å². The molecule has 7 heteroatoms. The Hall–Kier alpha value is -1.63. The first-order valence-electron chi connectivity index (χ1n) is 8.81. The van der Waals surface area contributed by atoms with Crippen LogP contribution in [0.25, 0.3) is 0 Å². The third-order valence-electron chi connectivity index (χ3n) is 6.07. The Bertz CT molecular complexity index is 544. The summed E-state index contributed by atoms with van der Waals surface area (Å²) in [5.74, 6) is -0.405. The van der Waals surface area contributed by atoms with E-state index in [1.165, 1.54) is 6.92 Å². The van der Waals surface area contributed by atoms with Gasteiger partial charge in [0.05, 0.1) is 6.54 Å². The van der Waals surface area contributed by atoms with E-state index >= 15 is 0 Å². The van der Waals surface area contributed by atoms with E-state index in [1.54, 1.807) is 9.80 Å². The highest BCUT2D eigenvalue weighted by molar-refractivity contribution is 5.84. The number of carboxylic acid groups (broad SMARTS) is 1. The Balaban J connectivity index is 1.63. The van der Waals surface area contributed by atoms with E-state index in [9.17, 15) is 19.5 Å². The molecule has 2 atom stereocenters. The fourth-order valence-corrected chi connectivity index (χ4v) is 4.31. The number of carboxylic acids is 1. The number of fused-ring (bicyclic) bond motifs is 1. The fraction of sp³-hybridized carbons (Fsp3) is 0.824. The predicted molar refractivity (Wildman–Crippen MR) is 87.2 cm³/mol. The maximum absolute atomic E-state index is 12.6. The lowest BCUT2D eigenvalue weighted by atomic mass is 9.81. The number of carbonyl (C=O) groups is 3. The van der Waals surface area contributed by atoms with Crippen LogP contribution in [0.4, 0.5) is 0 Å². The number of likely N-dealkylation sites (tertiary alicyclic amines) is 3.